The Morgan fingerprint density at radius 1 is 1.55 bits per heavy atom. The number of amidine groups is 1. The number of aliphatic imine (C=N–C) groups is 1. The molecule has 0 radical (unpaired) electrons. The number of aromatic nitrogens is 1. The highest BCUT2D eigenvalue weighted by Gasteiger charge is 2.09. The Bertz CT molecular complexity index is 654. The fourth-order valence-electron chi connectivity index (χ4n) is 1.53. The number of halogens is 1. The first kappa shape index (κ1) is 19.0. The second kappa shape index (κ2) is 9.16. The van der Waals surface area contributed by atoms with Gasteiger partial charge in [-0.3, -0.25) is 4.79 Å². The molecule has 0 fully saturated rings. The molecule has 2 aromatic rings. The van der Waals surface area contributed by atoms with Crippen LogP contribution in [0.3, 0.4) is 0 Å². The second-order valence-electron chi connectivity index (χ2n) is 4.07. The van der Waals surface area contributed by atoms with Crippen LogP contribution in [0.15, 0.2) is 26.9 Å². The van der Waals surface area contributed by atoms with E-state index in [2.05, 4.69) is 15.3 Å². The molecule has 0 saturated heterocycles. The van der Waals surface area contributed by atoms with Crippen LogP contribution in [-0.2, 0) is 11.3 Å². The molecule has 2 rings (SSSR count). The lowest BCUT2D eigenvalue weighted by Gasteiger charge is -1.97. The summed E-state index contributed by atoms with van der Waals surface area (Å²) in [6.45, 7) is 3.84. The number of furan rings is 1. The minimum absolute atomic E-state index is 0. The number of thioether (sulfide) groups is 1. The number of nitrogens with one attached hydrogen (secondary N) is 1. The zero-order chi connectivity index (χ0) is 15.2. The Labute approximate surface area is 154 Å². The smallest absolute Gasteiger partial charge is 0.217 e. The summed E-state index contributed by atoms with van der Waals surface area (Å²) in [5, 5.41) is 5.65. The molecule has 2 aromatic heterocycles. The molecule has 0 bridgehead atoms. The first-order valence-corrected chi connectivity index (χ1v) is 8.21. The van der Waals surface area contributed by atoms with Crippen molar-refractivity contribution >= 4 is 63.3 Å². The lowest BCUT2D eigenvalue weighted by Crippen LogP contribution is -2.18. The van der Waals surface area contributed by atoms with E-state index < -0.39 is 0 Å². The fourth-order valence-corrected chi connectivity index (χ4v) is 2.72. The molecule has 0 saturated carbocycles. The molecule has 0 aliphatic carbocycles. The van der Waals surface area contributed by atoms with E-state index in [1.165, 1.54) is 30.0 Å². The van der Waals surface area contributed by atoms with Gasteiger partial charge in [0.2, 0.25) is 11.0 Å². The van der Waals surface area contributed by atoms with Crippen molar-refractivity contribution in [2.75, 3.05) is 5.75 Å². The number of carbonyl (C=O) groups excluding carboxylic acids is 1. The van der Waals surface area contributed by atoms with Gasteiger partial charge >= 0.3 is 0 Å². The molecule has 3 N–H and O–H groups in total. The summed E-state index contributed by atoms with van der Waals surface area (Å²) in [4.78, 5) is 19.5. The van der Waals surface area contributed by atoms with Crippen molar-refractivity contribution in [2.24, 2.45) is 10.7 Å². The summed E-state index contributed by atoms with van der Waals surface area (Å²) in [6, 6.07) is 3.64. The van der Waals surface area contributed by atoms with Gasteiger partial charge in [-0.15, -0.1) is 35.3 Å². The number of hydrogen-bond donors (Lipinski definition) is 2. The van der Waals surface area contributed by atoms with Crippen LogP contribution in [0.2, 0.25) is 0 Å². The third-order valence-corrected chi connectivity index (χ3v) is 3.83. The Morgan fingerprint density at radius 3 is 3.00 bits per heavy atom. The number of amides is 1. The van der Waals surface area contributed by atoms with Crippen molar-refractivity contribution in [1.82, 2.24) is 10.3 Å². The standard InChI is InChI=1S/C13H16N4O2S2.HI/c1-3-20-12(14)17-13-16-10(7-21-13)11-5-4-9(19-11)6-15-8(2)18;/h4-5,7H,3,6H2,1-2H3,(H,15,18)(H2,14,16,17);1H. The maximum Gasteiger partial charge on any atom is 0.217 e. The molecule has 6 nitrogen and oxygen atoms in total. The molecule has 0 aliphatic heterocycles. The lowest BCUT2D eigenvalue weighted by atomic mass is 10.3. The molecular weight excluding hydrogens is 435 g/mol. The molecule has 22 heavy (non-hydrogen) atoms. The molecule has 0 aromatic carbocycles. The normalized spacial score (nSPS) is 11.1. The van der Waals surface area contributed by atoms with Gasteiger partial charge in [-0.2, -0.15) is 4.99 Å². The van der Waals surface area contributed by atoms with Gasteiger partial charge in [0.05, 0.1) is 6.54 Å². The maximum atomic E-state index is 10.9. The van der Waals surface area contributed by atoms with Gasteiger partial charge in [-0.05, 0) is 17.9 Å². The number of carbonyl (C=O) groups is 1. The molecule has 120 valence electrons. The molecule has 0 unspecified atom stereocenters. The summed E-state index contributed by atoms with van der Waals surface area (Å²) < 4.78 is 5.63. The van der Waals surface area contributed by atoms with E-state index in [9.17, 15) is 4.79 Å². The highest BCUT2D eigenvalue weighted by Crippen LogP contribution is 2.28. The largest absolute Gasteiger partial charge is 0.458 e. The van der Waals surface area contributed by atoms with Crippen molar-refractivity contribution < 1.29 is 9.21 Å². The van der Waals surface area contributed by atoms with Crippen LogP contribution < -0.4 is 11.1 Å². The van der Waals surface area contributed by atoms with E-state index in [4.69, 9.17) is 10.2 Å². The third kappa shape index (κ3) is 5.61. The molecule has 1 amide bonds. The quantitative estimate of drug-likeness (QED) is 0.412. The first-order valence-electron chi connectivity index (χ1n) is 6.34. The van der Waals surface area contributed by atoms with Crippen molar-refractivity contribution in [2.45, 2.75) is 20.4 Å². The van der Waals surface area contributed by atoms with Gasteiger partial charge in [0, 0.05) is 12.3 Å². The number of hydrogen-bond acceptors (Lipinski definition) is 6. The lowest BCUT2D eigenvalue weighted by molar-refractivity contribution is -0.119. The third-order valence-electron chi connectivity index (χ3n) is 2.42. The van der Waals surface area contributed by atoms with Crippen LogP contribution in [0.25, 0.3) is 11.5 Å². The van der Waals surface area contributed by atoms with E-state index in [-0.39, 0.29) is 29.9 Å². The highest BCUT2D eigenvalue weighted by atomic mass is 127. The van der Waals surface area contributed by atoms with E-state index in [0.29, 0.717) is 34.1 Å². The SMILES string of the molecule is CCSC(N)=Nc1nc(-c2ccc(CNC(C)=O)o2)cs1.I. The Balaban J connectivity index is 0.00000242. The van der Waals surface area contributed by atoms with Gasteiger partial charge in [0.25, 0.3) is 0 Å². The maximum absolute atomic E-state index is 10.9. The Morgan fingerprint density at radius 2 is 2.32 bits per heavy atom. The topological polar surface area (TPSA) is 93.5 Å². The van der Waals surface area contributed by atoms with Gasteiger partial charge in [-0.1, -0.05) is 18.7 Å². The van der Waals surface area contributed by atoms with Crippen molar-refractivity contribution in [3.8, 4) is 11.5 Å². The van der Waals surface area contributed by atoms with E-state index >= 15 is 0 Å². The predicted octanol–water partition coefficient (Wildman–Crippen LogP) is 3.36. The zero-order valence-corrected chi connectivity index (χ0v) is 16.1. The highest BCUT2D eigenvalue weighted by molar-refractivity contribution is 14.0. The van der Waals surface area contributed by atoms with Gasteiger partial charge in [0.1, 0.15) is 11.5 Å². The summed E-state index contributed by atoms with van der Waals surface area (Å²) in [5.74, 6) is 2.11. The van der Waals surface area contributed by atoms with E-state index in [1.807, 2.05) is 24.4 Å². The van der Waals surface area contributed by atoms with Gasteiger partial charge in [0.15, 0.2) is 10.9 Å². The van der Waals surface area contributed by atoms with Crippen LogP contribution in [-0.4, -0.2) is 21.8 Å². The summed E-state index contributed by atoms with van der Waals surface area (Å²) >= 11 is 2.88. The molecule has 9 heteroatoms. The van der Waals surface area contributed by atoms with Crippen molar-refractivity contribution in [3.05, 3.63) is 23.3 Å². The minimum atomic E-state index is -0.0952. The van der Waals surface area contributed by atoms with E-state index in [1.54, 1.807) is 0 Å². The Kier molecular flexibility index (Phi) is 7.90. The van der Waals surface area contributed by atoms with Crippen molar-refractivity contribution in [3.63, 3.8) is 0 Å². The molecular formula is C13H17IN4O2S2. The molecule has 0 atom stereocenters. The van der Waals surface area contributed by atoms with Crippen LogP contribution in [0.5, 0.6) is 0 Å². The first-order chi connectivity index (χ1) is 10.1. The summed E-state index contributed by atoms with van der Waals surface area (Å²) in [5.41, 5.74) is 6.46. The van der Waals surface area contributed by atoms with Crippen molar-refractivity contribution in [1.29, 1.82) is 0 Å². The van der Waals surface area contributed by atoms with Gasteiger partial charge in [-0.25, -0.2) is 4.98 Å². The summed E-state index contributed by atoms with van der Waals surface area (Å²) in [6.07, 6.45) is 0. The monoisotopic (exact) mass is 452 g/mol. The fraction of sp³-hybridized carbons (Fsp3) is 0.308. The van der Waals surface area contributed by atoms with Crippen LogP contribution in [0.4, 0.5) is 5.13 Å². The van der Waals surface area contributed by atoms with Gasteiger partial charge < -0.3 is 15.5 Å². The number of thiazole rings is 1. The molecule has 2 heterocycles. The zero-order valence-electron chi connectivity index (χ0n) is 12.2. The summed E-state index contributed by atoms with van der Waals surface area (Å²) in [7, 11) is 0. The number of rotatable bonds is 5. The second-order valence-corrected chi connectivity index (χ2v) is 6.19. The molecule has 0 spiro atoms. The average molecular weight is 452 g/mol. The number of nitrogens with two attached hydrogens (primary N) is 1. The van der Waals surface area contributed by atoms with Crippen LogP contribution >= 0.6 is 47.1 Å². The average Bonchev–Trinajstić information content (AvgIpc) is 3.05. The number of nitrogens with zero attached hydrogens (tertiary/aromatic N) is 2. The molecule has 0 aliphatic rings. The predicted molar refractivity (Wildman–Crippen MR) is 102 cm³/mol. The minimum Gasteiger partial charge on any atom is -0.458 e. The van der Waals surface area contributed by atoms with Crippen LogP contribution in [0, 0.1) is 0 Å². The Hall–Kier alpha value is -1.07. The van der Waals surface area contributed by atoms with Crippen LogP contribution in [0.1, 0.15) is 19.6 Å². The van der Waals surface area contributed by atoms with E-state index in [0.717, 1.165) is 5.75 Å².